The molecule has 72 valence electrons. The highest BCUT2D eigenvalue weighted by Gasteiger charge is 1.94. The molecule has 1 aliphatic rings. The molecular formula is C12H18S. The van der Waals surface area contributed by atoms with Gasteiger partial charge in [-0.25, -0.2) is 0 Å². The van der Waals surface area contributed by atoms with Crippen LogP contribution in [0.4, 0.5) is 0 Å². The van der Waals surface area contributed by atoms with Gasteiger partial charge in [-0.2, -0.15) is 0 Å². The highest BCUT2D eigenvalue weighted by molar-refractivity contribution is 7.80. The van der Waals surface area contributed by atoms with Crippen LogP contribution < -0.4 is 0 Å². The molecule has 0 bridgehead atoms. The van der Waals surface area contributed by atoms with Gasteiger partial charge in [-0.3, -0.25) is 0 Å². The molecule has 0 aromatic rings. The highest BCUT2D eigenvalue weighted by atomic mass is 32.1. The third-order valence-corrected chi connectivity index (χ3v) is 2.62. The number of thiocarbonyl (C=S) groups is 1. The molecule has 0 radical (unpaired) electrons. The second-order valence-corrected chi connectivity index (χ2v) is 4.09. The van der Waals surface area contributed by atoms with Gasteiger partial charge in [0.25, 0.3) is 0 Å². The van der Waals surface area contributed by atoms with Gasteiger partial charge in [-0.05, 0) is 49.8 Å². The lowest BCUT2D eigenvalue weighted by atomic mass is 10.1. The van der Waals surface area contributed by atoms with E-state index in [4.69, 9.17) is 12.2 Å². The molecule has 0 fully saturated rings. The lowest BCUT2D eigenvalue weighted by Gasteiger charge is -2.00. The third-order valence-electron chi connectivity index (χ3n) is 2.25. The monoisotopic (exact) mass is 194 g/mol. The Bertz CT molecular complexity index is 201. The van der Waals surface area contributed by atoms with Crippen molar-refractivity contribution < 1.29 is 0 Å². The van der Waals surface area contributed by atoms with Crippen LogP contribution in [0.1, 0.15) is 44.9 Å². The van der Waals surface area contributed by atoms with Gasteiger partial charge in [-0.15, -0.1) is 0 Å². The van der Waals surface area contributed by atoms with Gasteiger partial charge in [0.2, 0.25) is 0 Å². The van der Waals surface area contributed by atoms with E-state index in [1.807, 2.05) is 0 Å². The molecule has 0 spiro atoms. The maximum Gasteiger partial charge on any atom is -0.00335 e. The summed E-state index contributed by atoms with van der Waals surface area (Å²) in [6, 6.07) is 0. The van der Waals surface area contributed by atoms with E-state index in [2.05, 4.69) is 24.3 Å². The van der Waals surface area contributed by atoms with E-state index < -0.39 is 0 Å². The second-order valence-electron chi connectivity index (χ2n) is 3.51. The zero-order chi connectivity index (χ0) is 9.36. The molecule has 0 saturated carbocycles. The molecule has 1 aliphatic carbocycles. The predicted molar refractivity (Wildman–Crippen MR) is 63.2 cm³/mol. The minimum absolute atomic E-state index is 1.01. The van der Waals surface area contributed by atoms with E-state index in [-0.39, 0.29) is 0 Å². The summed E-state index contributed by atoms with van der Waals surface area (Å²) >= 11 is 5.26. The summed E-state index contributed by atoms with van der Waals surface area (Å²) in [6.07, 6.45) is 17.4. The highest BCUT2D eigenvalue weighted by Crippen LogP contribution is 2.07. The van der Waals surface area contributed by atoms with Gasteiger partial charge >= 0.3 is 0 Å². The summed E-state index contributed by atoms with van der Waals surface area (Å²) in [5, 5.41) is 0. The van der Waals surface area contributed by atoms with Crippen LogP contribution in [0.2, 0.25) is 0 Å². The Morgan fingerprint density at radius 1 is 0.846 bits per heavy atom. The maximum atomic E-state index is 5.26. The molecular weight excluding hydrogens is 176 g/mol. The lowest BCUT2D eigenvalue weighted by Crippen LogP contribution is -1.91. The molecule has 0 aliphatic heterocycles. The zero-order valence-electron chi connectivity index (χ0n) is 8.17. The molecule has 0 unspecified atom stereocenters. The smallest absolute Gasteiger partial charge is 0.00335 e. The summed E-state index contributed by atoms with van der Waals surface area (Å²) in [7, 11) is 0. The largest absolute Gasteiger partial charge is 0.0893 e. The summed E-state index contributed by atoms with van der Waals surface area (Å²) in [5.74, 6) is 0. The standard InChI is InChI=1S/C12H18S/c13-12-10-8-6-4-2-1-3-5-7-9-11-12/h2,4,7,9H,1,3,5-6,8,10-11H2/b4-2+,9-7+. The molecule has 0 heterocycles. The number of hydrogen-bond acceptors (Lipinski definition) is 1. The fraction of sp³-hybridized carbons (Fsp3) is 0.583. The van der Waals surface area contributed by atoms with Crippen LogP contribution in [0, 0.1) is 0 Å². The molecule has 0 N–H and O–H groups in total. The Morgan fingerprint density at radius 2 is 1.46 bits per heavy atom. The van der Waals surface area contributed by atoms with Crippen molar-refractivity contribution in [3.63, 3.8) is 0 Å². The molecule has 0 atom stereocenters. The van der Waals surface area contributed by atoms with Gasteiger partial charge in [0, 0.05) is 0 Å². The van der Waals surface area contributed by atoms with Crippen LogP contribution in [0.5, 0.6) is 0 Å². The first-order valence-corrected chi connectivity index (χ1v) is 5.62. The fourth-order valence-electron chi connectivity index (χ4n) is 1.44. The van der Waals surface area contributed by atoms with Crippen molar-refractivity contribution in [2.75, 3.05) is 0 Å². The van der Waals surface area contributed by atoms with Gasteiger partial charge in [0.05, 0.1) is 0 Å². The average molecular weight is 194 g/mol. The molecule has 0 saturated heterocycles. The third kappa shape index (κ3) is 5.75. The van der Waals surface area contributed by atoms with Crippen molar-refractivity contribution in [2.45, 2.75) is 44.9 Å². The van der Waals surface area contributed by atoms with Gasteiger partial charge in [-0.1, -0.05) is 36.5 Å². The summed E-state index contributed by atoms with van der Waals surface area (Å²) in [4.78, 5) is 1.21. The maximum absolute atomic E-state index is 5.26. The Kier molecular flexibility index (Phi) is 5.75. The van der Waals surface area contributed by atoms with Crippen molar-refractivity contribution >= 4 is 17.1 Å². The topological polar surface area (TPSA) is 0 Å². The molecule has 13 heavy (non-hydrogen) atoms. The normalized spacial score (nSPS) is 25.7. The summed E-state index contributed by atoms with van der Waals surface area (Å²) < 4.78 is 0. The van der Waals surface area contributed by atoms with E-state index >= 15 is 0 Å². The minimum atomic E-state index is 1.01. The number of allylic oxidation sites excluding steroid dienone is 4. The molecule has 0 aromatic carbocycles. The number of hydrogen-bond donors (Lipinski definition) is 0. The first-order chi connectivity index (χ1) is 6.39. The van der Waals surface area contributed by atoms with Crippen LogP contribution in [-0.2, 0) is 0 Å². The van der Waals surface area contributed by atoms with Crippen LogP contribution in [-0.4, -0.2) is 4.86 Å². The van der Waals surface area contributed by atoms with Crippen molar-refractivity contribution in [3.05, 3.63) is 24.3 Å². The van der Waals surface area contributed by atoms with E-state index in [9.17, 15) is 0 Å². The van der Waals surface area contributed by atoms with E-state index in [1.54, 1.807) is 0 Å². The van der Waals surface area contributed by atoms with Crippen molar-refractivity contribution in [3.8, 4) is 0 Å². The van der Waals surface area contributed by atoms with Crippen LogP contribution in [0.3, 0.4) is 0 Å². The predicted octanol–water partition coefficient (Wildman–Crippen LogP) is 4.21. The molecule has 0 nitrogen and oxygen atoms in total. The Morgan fingerprint density at radius 3 is 2.23 bits per heavy atom. The average Bonchev–Trinajstić information content (AvgIpc) is 2.11. The molecule has 1 heteroatoms. The van der Waals surface area contributed by atoms with Crippen molar-refractivity contribution in [2.24, 2.45) is 0 Å². The first kappa shape index (κ1) is 10.6. The van der Waals surface area contributed by atoms with Gasteiger partial charge in [0.15, 0.2) is 0 Å². The molecule has 0 aromatic heterocycles. The minimum Gasteiger partial charge on any atom is -0.0893 e. The summed E-state index contributed by atoms with van der Waals surface area (Å²) in [5.41, 5.74) is 0. The van der Waals surface area contributed by atoms with Crippen LogP contribution >= 0.6 is 12.2 Å². The van der Waals surface area contributed by atoms with Crippen molar-refractivity contribution in [1.82, 2.24) is 0 Å². The van der Waals surface area contributed by atoms with E-state index in [0.29, 0.717) is 0 Å². The lowest BCUT2D eigenvalue weighted by molar-refractivity contribution is 0.844. The Balaban J connectivity index is 2.33. The van der Waals surface area contributed by atoms with Gasteiger partial charge < -0.3 is 0 Å². The van der Waals surface area contributed by atoms with E-state index in [0.717, 1.165) is 12.8 Å². The molecule has 0 amide bonds. The fourth-order valence-corrected chi connectivity index (χ4v) is 1.68. The quantitative estimate of drug-likeness (QED) is 0.411. The Labute approximate surface area is 86.7 Å². The zero-order valence-corrected chi connectivity index (χ0v) is 8.98. The second kappa shape index (κ2) is 7.02. The van der Waals surface area contributed by atoms with Crippen molar-refractivity contribution in [1.29, 1.82) is 0 Å². The molecule has 1 rings (SSSR count). The van der Waals surface area contributed by atoms with E-state index in [1.165, 1.54) is 37.0 Å². The SMILES string of the molecule is S=C1C/C=C/CCC/C=C/CCC1. The first-order valence-electron chi connectivity index (χ1n) is 5.21. The summed E-state index contributed by atoms with van der Waals surface area (Å²) in [6.45, 7) is 0. The van der Waals surface area contributed by atoms with Crippen LogP contribution in [0.25, 0.3) is 0 Å². The Hall–Kier alpha value is -0.430. The van der Waals surface area contributed by atoms with Crippen LogP contribution in [0.15, 0.2) is 24.3 Å². The van der Waals surface area contributed by atoms with Gasteiger partial charge in [0.1, 0.15) is 0 Å². The number of rotatable bonds is 0.